The van der Waals surface area contributed by atoms with Crippen LogP contribution in [0.25, 0.3) is 0 Å². The lowest BCUT2D eigenvalue weighted by Crippen LogP contribution is -1.93. The smallest absolute Gasteiger partial charge is 0.303 e. The predicted molar refractivity (Wildman–Crippen MR) is 77.8 cm³/mol. The summed E-state index contributed by atoms with van der Waals surface area (Å²) in [5, 5.41) is 8.48. The summed E-state index contributed by atoms with van der Waals surface area (Å²) in [4.78, 5) is 10.3. The second kappa shape index (κ2) is 14.0. The van der Waals surface area contributed by atoms with E-state index in [2.05, 4.69) is 18.7 Å². The summed E-state index contributed by atoms with van der Waals surface area (Å²) in [7, 11) is 0. The zero-order valence-electron chi connectivity index (χ0n) is 11.6. The van der Waals surface area contributed by atoms with Gasteiger partial charge in [-0.05, 0) is 25.7 Å². The molecule has 0 aromatic carbocycles. The molecule has 1 N–H and O–H groups in total. The van der Waals surface area contributed by atoms with Crippen LogP contribution < -0.4 is 0 Å². The Kier molecular flexibility index (Phi) is 13.2. The lowest BCUT2D eigenvalue weighted by Gasteiger charge is -2.00. The van der Waals surface area contributed by atoms with Crippen LogP contribution in [0.4, 0.5) is 0 Å². The molecule has 2 nitrogen and oxygen atoms in total. The fourth-order valence-corrected chi connectivity index (χ4v) is 1.91. The van der Waals surface area contributed by atoms with Gasteiger partial charge in [0, 0.05) is 6.42 Å². The fraction of sp³-hybridized carbons (Fsp3) is 0.688. The molecule has 0 saturated heterocycles. The third-order valence-electron chi connectivity index (χ3n) is 2.98. The second-order valence-electron chi connectivity index (χ2n) is 4.76. The van der Waals surface area contributed by atoms with Crippen LogP contribution in [-0.2, 0) is 4.79 Å². The Hall–Kier alpha value is -1.05. The fourth-order valence-electron chi connectivity index (χ4n) is 1.91. The normalized spacial score (nSPS) is 10.9. The van der Waals surface area contributed by atoms with Gasteiger partial charge in [0.2, 0.25) is 0 Å². The van der Waals surface area contributed by atoms with Crippen LogP contribution >= 0.6 is 0 Å². The SMILES string of the molecule is C=CCC=CCCCCCCCCCCC(=O)O. The van der Waals surface area contributed by atoms with Gasteiger partial charge in [0.15, 0.2) is 0 Å². The summed E-state index contributed by atoms with van der Waals surface area (Å²) >= 11 is 0. The topological polar surface area (TPSA) is 37.3 Å². The van der Waals surface area contributed by atoms with Gasteiger partial charge >= 0.3 is 5.97 Å². The number of hydrogen-bond acceptors (Lipinski definition) is 1. The minimum absolute atomic E-state index is 0.330. The van der Waals surface area contributed by atoms with Crippen LogP contribution in [0.2, 0.25) is 0 Å². The molecule has 18 heavy (non-hydrogen) atoms. The molecule has 0 aliphatic heterocycles. The molecule has 0 atom stereocenters. The average Bonchev–Trinajstić information content (AvgIpc) is 2.34. The highest BCUT2D eigenvalue weighted by Gasteiger charge is 1.96. The zero-order chi connectivity index (χ0) is 13.5. The molecule has 0 spiro atoms. The molecular weight excluding hydrogens is 224 g/mol. The van der Waals surface area contributed by atoms with E-state index in [1.165, 1.54) is 44.9 Å². The summed E-state index contributed by atoms with van der Waals surface area (Å²) in [5.74, 6) is -0.667. The van der Waals surface area contributed by atoms with Crippen LogP contribution in [0.3, 0.4) is 0 Å². The van der Waals surface area contributed by atoms with Crippen molar-refractivity contribution in [3.8, 4) is 0 Å². The highest BCUT2D eigenvalue weighted by Crippen LogP contribution is 2.10. The van der Waals surface area contributed by atoms with Gasteiger partial charge in [-0.2, -0.15) is 0 Å². The first-order chi connectivity index (χ1) is 8.77. The highest BCUT2D eigenvalue weighted by atomic mass is 16.4. The number of carboxylic acids is 1. The maximum atomic E-state index is 10.3. The molecular formula is C16H28O2. The van der Waals surface area contributed by atoms with Gasteiger partial charge in [0.25, 0.3) is 0 Å². The lowest BCUT2D eigenvalue weighted by molar-refractivity contribution is -0.137. The first-order valence-corrected chi connectivity index (χ1v) is 7.25. The van der Waals surface area contributed by atoms with E-state index in [9.17, 15) is 4.79 Å². The van der Waals surface area contributed by atoms with Crippen molar-refractivity contribution >= 4 is 5.97 Å². The quantitative estimate of drug-likeness (QED) is 0.365. The number of allylic oxidation sites excluding steroid dienone is 3. The zero-order valence-corrected chi connectivity index (χ0v) is 11.6. The monoisotopic (exact) mass is 252 g/mol. The number of rotatable bonds is 13. The Morgan fingerprint density at radius 1 is 0.889 bits per heavy atom. The number of aliphatic carboxylic acids is 1. The van der Waals surface area contributed by atoms with E-state index in [4.69, 9.17) is 5.11 Å². The summed E-state index contributed by atoms with van der Waals surface area (Å²) in [6.07, 6.45) is 18.4. The number of carbonyl (C=O) groups is 1. The summed E-state index contributed by atoms with van der Waals surface area (Å²) < 4.78 is 0. The summed E-state index contributed by atoms with van der Waals surface area (Å²) in [6, 6.07) is 0. The number of unbranched alkanes of at least 4 members (excludes halogenated alkanes) is 8. The van der Waals surface area contributed by atoms with Gasteiger partial charge in [-0.15, -0.1) is 6.58 Å². The Morgan fingerprint density at radius 2 is 1.44 bits per heavy atom. The molecule has 0 unspecified atom stereocenters. The molecule has 0 aromatic heterocycles. The number of carboxylic acid groups (broad SMARTS) is 1. The van der Waals surface area contributed by atoms with Gasteiger partial charge < -0.3 is 5.11 Å². The lowest BCUT2D eigenvalue weighted by atomic mass is 10.1. The molecule has 0 aliphatic carbocycles. The second-order valence-corrected chi connectivity index (χ2v) is 4.76. The van der Waals surface area contributed by atoms with Crippen molar-refractivity contribution in [1.82, 2.24) is 0 Å². The van der Waals surface area contributed by atoms with E-state index in [0.717, 1.165) is 19.3 Å². The van der Waals surface area contributed by atoms with E-state index >= 15 is 0 Å². The van der Waals surface area contributed by atoms with Crippen LogP contribution in [0.1, 0.15) is 70.6 Å². The molecule has 2 heteroatoms. The molecule has 104 valence electrons. The third-order valence-corrected chi connectivity index (χ3v) is 2.98. The third kappa shape index (κ3) is 14.9. The van der Waals surface area contributed by atoms with Gasteiger partial charge in [-0.1, -0.05) is 56.8 Å². The van der Waals surface area contributed by atoms with Crippen molar-refractivity contribution in [1.29, 1.82) is 0 Å². The largest absolute Gasteiger partial charge is 0.481 e. The van der Waals surface area contributed by atoms with Crippen molar-refractivity contribution in [2.75, 3.05) is 0 Å². The molecule has 0 heterocycles. The van der Waals surface area contributed by atoms with Crippen molar-refractivity contribution < 1.29 is 9.90 Å². The Bertz CT molecular complexity index is 231. The van der Waals surface area contributed by atoms with E-state index in [1.54, 1.807) is 0 Å². The molecule has 0 fully saturated rings. The van der Waals surface area contributed by atoms with Gasteiger partial charge in [0.1, 0.15) is 0 Å². The van der Waals surface area contributed by atoms with E-state index in [0.29, 0.717) is 6.42 Å². The molecule has 0 saturated carbocycles. The van der Waals surface area contributed by atoms with Gasteiger partial charge in [-0.25, -0.2) is 0 Å². The molecule has 0 aliphatic rings. The van der Waals surface area contributed by atoms with Crippen LogP contribution in [0.5, 0.6) is 0 Å². The van der Waals surface area contributed by atoms with E-state index in [-0.39, 0.29) is 0 Å². The van der Waals surface area contributed by atoms with Crippen LogP contribution in [-0.4, -0.2) is 11.1 Å². The Morgan fingerprint density at radius 3 is 2.00 bits per heavy atom. The summed E-state index contributed by atoms with van der Waals surface area (Å²) in [6.45, 7) is 3.68. The van der Waals surface area contributed by atoms with Gasteiger partial charge in [-0.3, -0.25) is 4.79 Å². The minimum atomic E-state index is -0.667. The van der Waals surface area contributed by atoms with Crippen LogP contribution in [0.15, 0.2) is 24.8 Å². The molecule has 0 bridgehead atoms. The van der Waals surface area contributed by atoms with Crippen LogP contribution in [0, 0.1) is 0 Å². The highest BCUT2D eigenvalue weighted by molar-refractivity contribution is 5.66. The predicted octanol–water partition coefficient (Wildman–Crippen LogP) is 5.10. The molecule has 0 aromatic rings. The summed E-state index contributed by atoms with van der Waals surface area (Å²) in [5.41, 5.74) is 0. The van der Waals surface area contributed by atoms with Gasteiger partial charge in [0.05, 0.1) is 0 Å². The van der Waals surface area contributed by atoms with E-state index < -0.39 is 5.97 Å². The maximum absolute atomic E-state index is 10.3. The first kappa shape index (κ1) is 16.9. The molecule has 0 radical (unpaired) electrons. The minimum Gasteiger partial charge on any atom is -0.481 e. The number of hydrogen-bond donors (Lipinski definition) is 1. The van der Waals surface area contributed by atoms with E-state index in [1.807, 2.05) is 6.08 Å². The molecule has 0 amide bonds. The van der Waals surface area contributed by atoms with Crippen molar-refractivity contribution in [2.45, 2.75) is 70.6 Å². The Balaban J connectivity index is 3.03. The standard InChI is InChI=1S/C16H28O2/c1-2-3-4-5-6-7-8-9-10-11-12-13-14-15-16(17)18/h2,4-5H,1,3,6-15H2,(H,17,18). The van der Waals surface area contributed by atoms with Crippen molar-refractivity contribution in [3.05, 3.63) is 24.8 Å². The molecule has 0 rings (SSSR count). The van der Waals surface area contributed by atoms with Crippen molar-refractivity contribution in [3.63, 3.8) is 0 Å². The maximum Gasteiger partial charge on any atom is 0.303 e. The Labute approximate surface area is 112 Å². The van der Waals surface area contributed by atoms with Crippen molar-refractivity contribution in [2.24, 2.45) is 0 Å². The average molecular weight is 252 g/mol. The first-order valence-electron chi connectivity index (χ1n) is 7.25.